The van der Waals surface area contributed by atoms with Crippen LogP contribution in [0.15, 0.2) is 18.2 Å². The Morgan fingerprint density at radius 2 is 1.78 bits per heavy atom. The summed E-state index contributed by atoms with van der Waals surface area (Å²) in [6.07, 6.45) is 4.15. The molecule has 18 heavy (non-hydrogen) atoms. The normalized spacial score (nSPS) is 31.8. The van der Waals surface area contributed by atoms with Crippen LogP contribution in [0.5, 0.6) is 0 Å². The molecule has 4 heteroatoms. The molecule has 2 bridgehead atoms. The van der Waals surface area contributed by atoms with Gasteiger partial charge < -0.3 is 5.11 Å². The lowest BCUT2D eigenvalue weighted by atomic mass is 9.99. The van der Waals surface area contributed by atoms with E-state index >= 15 is 0 Å². The van der Waals surface area contributed by atoms with E-state index in [4.69, 9.17) is 23.2 Å². The third-order valence-electron chi connectivity index (χ3n) is 4.21. The van der Waals surface area contributed by atoms with Crippen molar-refractivity contribution in [2.75, 3.05) is 0 Å². The van der Waals surface area contributed by atoms with Crippen LogP contribution in [-0.2, 0) is 6.54 Å². The molecule has 2 atom stereocenters. The number of fused-ring (bicyclic) bond motifs is 2. The summed E-state index contributed by atoms with van der Waals surface area (Å²) in [7, 11) is 0. The zero-order valence-corrected chi connectivity index (χ0v) is 11.7. The summed E-state index contributed by atoms with van der Waals surface area (Å²) in [5, 5.41) is 11.0. The highest BCUT2D eigenvalue weighted by atomic mass is 35.5. The number of piperidine rings is 1. The Hall–Kier alpha value is -0.280. The van der Waals surface area contributed by atoms with Gasteiger partial charge in [0.2, 0.25) is 0 Å². The van der Waals surface area contributed by atoms with Crippen LogP contribution in [0, 0.1) is 0 Å². The Labute approximate surface area is 117 Å². The van der Waals surface area contributed by atoms with E-state index in [-0.39, 0.29) is 6.10 Å². The summed E-state index contributed by atoms with van der Waals surface area (Å²) in [5.41, 5.74) is 1.21. The molecule has 0 aromatic heterocycles. The number of halogens is 2. The van der Waals surface area contributed by atoms with Crippen LogP contribution in [0.25, 0.3) is 0 Å². The van der Waals surface area contributed by atoms with Crippen molar-refractivity contribution in [1.29, 1.82) is 0 Å². The first kappa shape index (κ1) is 12.7. The number of aliphatic hydroxyl groups excluding tert-OH is 1. The van der Waals surface area contributed by atoms with E-state index in [1.54, 1.807) is 0 Å². The van der Waals surface area contributed by atoms with Gasteiger partial charge in [0.1, 0.15) is 0 Å². The van der Waals surface area contributed by atoms with Crippen molar-refractivity contribution in [3.63, 3.8) is 0 Å². The topological polar surface area (TPSA) is 23.5 Å². The molecule has 2 unspecified atom stereocenters. The molecule has 1 aromatic rings. The first-order chi connectivity index (χ1) is 8.63. The number of hydrogen-bond donors (Lipinski definition) is 1. The standard InChI is InChI=1S/C14H17Cl2NO/c15-13-4-1-9(5-14(13)16)8-17-10-2-3-11(17)7-12(18)6-10/h1,4-5,10-12,18H,2-3,6-8H2. The highest BCUT2D eigenvalue weighted by Crippen LogP contribution is 2.37. The van der Waals surface area contributed by atoms with E-state index in [1.807, 2.05) is 18.2 Å². The van der Waals surface area contributed by atoms with Gasteiger partial charge in [0.25, 0.3) is 0 Å². The first-order valence-corrected chi connectivity index (χ1v) is 7.27. The summed E-state index contributed by atoms with van der Waals surface area (Å²) in [6, 6.07) is 6.92. The van der Waals surface area contributed by atoms with E-state index in [9.17, 15) is 5.11 Å². The lowest BCUT2D eigenvalue weighted by Crippen LogP contribution is -2.44. The maximum Gasteiger partial charge on any atom is 0.0595 e. The molecule has 3 rings (SSSR count). The van der Waals surface area contributed by atoms with Crippen molar-refractivity contribution in [3.05, 3.63) is 33.8 Å². The summed E-state index contributed by atoms with van der Waals surface area (Å²) in [5.74, 6) is 0. The molecule has 2 fully saturated rings. The SMILES string of the molecule is OC1CC2CCC(C1)N2Cc1ccc(Cl)c(Cl)c1. The molecule has 0 radical (unpaired) electrons. The van der Waals surface area contributed by atoms with Gasteiger partial charge in [-0.2, -0.15) is 0 Å². The predicted octanol–water partition coefficient (Wildman–Crippen LogP) is 3.48. The molecule has 1 aromatic carbocycles. The van der Waals surface area contributed by atoms with Crippen molar-refractivity contribution < 1.29 is 5.11 Å². The van der Waals surface area contributed by atoms with Crippen molar-refractivity contribution in [1.82, 2.24) is 4.90 Å². The second-order valence-electron chi connectivity index (χ2n) is 5.43. The largest absolute Gasteiger partial charge is 0.393 e. The van der Waals surface area contributed by atoms with E-state index in [2.05, 4.69) is 4.90 Å². The molecule has 2 aliphatic heterocycles. The fraction of sp³-hybridized carbons (Fsp3) is 0.571. The zero-order chi connectivity index (χ0) is 12.7. The van der Waals surface area contributed by atoms with Crippen molar-refractivity contribution in [3.8, 4) is 0 Å². The Morgan fingerprint density at radius 1 is 1.11 bits per heavy atom. The van der Waals surface area contributed by atoms with Gasteiger partial charge in [-0.3, -0.25) is 4.90 Å². The van der Waals surface area contributed by atoms with E-state index in [0.717, 1.165) is 19.4 Å². The third kappa shape index (κ3) is 2.39. The number of benzene rings is 1. The second kappa shape index (κ2) is 5.01. The van der Waals surface area contributed by atoms with Crippen LogP contribution in [-0.4, -0.2) is 28.2 Å². The second-order valence-corrected chi connectivity index (χ2v) is 6.25. The minimum absolute atomic E-state index is 0.104. The minimum Gasteiger partial charge on any atom is -0.393 e. The minimum atomic E-state index is -0.104. The van der Waals surface area contributed by atoms with Gasteiger partial charge in [-0.25, -0.2) is 0 Å². The Kier molecular flexibility index (Phi) is 3.55. The van der Waals surface area contributed by atoms with E-state index in [0.29, 0.717) is 22.1 Å². The molecule has 98 valence electrons. The predicted molar refractivity (Wildman–Crippen MR) is 74.1 cm³/mol. The first-order valence-electron chi connectivity index (χ1n) is 6.51. The van der Waals surface area contributed by atoms with Gasteiger partial charge in [-0.05, 0) is 43.4 Å². The fourth-order valence-electron chi connectivity index (χ4n) is 3.35. The molecule has 2 aliphatic rings. The number of nitrogens with zero attached hydrogens (tertiary/aromatic N) is 1. The summed E-state index contributed by atoms with van der Waals surface area (Å²) in [6.45, 7) is 0.916. The van der Waals surface area contributed by atoms with Gasteiger partial charge in [0.15, 0.2) is 0 Å². The fourth-order valence-corrected chi connectivity index (χ4v) is 3.67. The maximum atomic E-state index is 9.79. The maximum absolute atomic E-state index is 9.79. The van der Waals surface area contributed by atoms with Crippen LogP contribution in [0.3, 0.4) is 0 Å². The smallest absolute Gasteiger partial charge is 0.0595 e. The highest BCUT2D eigenvalue weighted by molar-refractivity contribution is 6.42. The summed E-state index contributed by atoms with van der Waals surface area (Å²) >= 11 is 12.0. The van der Waals surface area contributed by atoms with Gasteiger partial charge in [-0.15, -0.1) is 0 Å². The van der Waals surface area contributed by atoms with Gasteiger partial charge in [0.05, 0.1) is 16.1 Å². The lowest BCUT2D eigenvalue weighted by molar-refractivity contribution is 0.0310. The average molecular weight is 286 g/mol. The monoisotopic (exact) mass is 285 g/mol. The van der Waals surface area contributed by atoms with Gasteiger partial charge >= 0.3 is 0 Å². The molecular formula is C14H17Cl2NO. The quantitative estimate of drug-likeness (QED) is 0.899. The van der Waals surface area contributed by atoms with Crippen molar-refractivity contribution in [2.24, 2.45) is 0 Å². The number of rotatable bonds is 2. The molecule has 1 N–H and O–H groups in total. The lowest BCUT2D eigenvalue weighted by Gasteiger charge is -2.37. The molecule has 2 heterocycles. The third-order valence-corrected chi connectivity index (χ3v) is 4.95. The molecule has 0 aliphatic carbocycles. The van der Waals surface area contributed by atoms with Crippen LogP contribution < -0.4 is 0 Å². The molecule has 0 spiro atoms. The Morgan fingerprint density at radius 3 is 2.39 bits per heavy atom. The Balaban J connectivity index is 1.75. The van der Waals surface area contributed by atoms with Crippen LogP contribution in [0.4, 0.5) is 0 Å². The number of hydrogen-bond acceptors (Lipinski definition) is 2. The van der Waals surface area contributed by atoms with Crippen molar-refractivity contribution >= 4 is 23.2 Å². The van der Waals surface area contributed by atoms with E-state index in [1.165, 1.54) is 18.4 Å². The average Bonchev–Trinajstić information content (AvgIpc) is 2.58. The molecular weight excluding hydrogens is 269 g/mol. The molecule has 2 nitrogen and oxygen atoms in total. The van der Waals surface area contributed by atoms with E-state index < -0.39 is 0 Å². The van der Waals surface area contributed by atoms with Crippen LogP contribution in [0.1, 0.15) is 31.2 Å². The van der Waals surface area contributed by atoms with Gasteiger partial charge in [-0.1, -0.05) is 29.3 Å². The molecule has 0 amide bonds. The summed E-state index contributed by atoms with van der Waals surface area (Å²) < 4.78 is 0. The molecule has 0 saturated carbocycles. The number of aliphatic hydroxyl groups is 1. The summed E-state index contributed by atoms with van der Waals surface area (Å²) in [4.78, 5) is 2.52. The van der Waals surface area contributed by atoms with Crippen LogP contribution in [0.2, 0.25) is 10.0 Å². The van der Waals surface area contributed by atoms with Crippen molar-refractivity contribution in [2.45, 2.75) is 50.4 Å². The Bertz CT molecular complexity index is 437. The highest BCUT2D eigenvalue weighted by Gasteiger charge is 2.39. The molecule has 2 saturated heterocycles. The zero-order valence-electron chi connectivity index (χ0n) is 10.1. The van der Waals surface area contributed by atoms with Crippen LogP contribution >= 0.6 is 23.2 Å². The van der Waals surface area contributed by atoms with Gasteiger partial charge in [0, 0.05) is 18.6 Å².